The third-order valence-corrected chi connectivity index (χ3v) is 31.1. The molecule has 0 spiro atoms. The van der Waals surface area contributed by atoms with Crippen LogP contribution >= 0.6 is 0 Å². The van der Waals surface area contributed by atoms with Crippen LogP contribution in [-0.4, -0.2) is 0 Å². The van der Waals surface area contributed by atoms with Gasteiger partial charge in [-0.2, -0.15) is 0 Å². The molecular formula is C139H150N5+5. The van der Waals surface area contributed by atoms with Gasteiger partial charge in [-0.3, -0.25) is 0 Å². The van der Waals surface area contributed by atoms with E-state index in [4.69, 9.17) is 0 Å². The van der Waals surface area contributed by atoms with E-state index in [9.17, 15) is 0 Å². The molecule has 726 valence electrons. The van der Waals surface area contributed by atoms with Gasteiger partial charge in [0.2, 0.25) is 28.5 Å². The average molecular weight is 1890 g/mol. The van der Waals surface area contributed by atoms with Crippen LogP contribution in [0.3, 0.4) is 0 Å². The summed E-state index contributed by atoms with van der Waals surface area (Å²) in [6.07, 6.45) is 23.5. The molecule has 0 unspecified atom stereocenters. The summed E-state index contributed by atoms with van der Waals surface area (Å²) in [5.41, 5.74) is 63.6. The van der Waals surface area contributed by atoms with E-state index in [1.54, 1.807) is 11.1 Å². The van der Waals surface area contributed by atoms with Crippen molar-refractivity contribution in [2.24, 2.45) is 35.2 Å². The Kier molecular flexibility index (Phi) is 32.4. The first-order valence-electron chi connectivity index (χ1n) is 52.3. The number of hydrogen-bond acceptors (Lipinski definition) is 0. The summed E-state index contributed by atoms with van der Waals surface area (Å²) < 4.78 is 11.3. The first kappa shape index (κ1) is 103. The molecule has 18 aromatic rings. The van der Waals surface area contributed by atoms with E-state index in [-0.39, 0.29) is 0 Å². The van der Waals surface area contributed by atoms with E-state index in [0.717, 1.165) is 11.8 Å². The third-order valence-electron chi connectivity index (χ3n) is 31.1. The van der Waals surface area contributed by atoms with Gasteiger partial charge in [-0.1, -0.05) is 257 Å². The Morgan fingerprint density at radius 2 is 0.396 bits per heavy atom. The summed E-state index contributed by atoms with van der Waals surface area (Å²) >= 11 is 0. The molecule has 5 heteroatoms. The zero-order valence-electron chi connectivity index (χ0n) is 90.5. The Hall–Kier alpha value is -14.4. The average Bonchev–Trinajstić information content (AvgIpc) is 0.890. The number of aryl methyl sites for hydroxylation is 25. The van der Waals surface area contributed by atoms with Crippen LogP contribution in [0.5, 0.6) is 0 Å². The lowest BCUT2D eigenvalue weighted by atomic mass is 9.82. The Morgan fingerprint density at radius 1 is 0.160 bits per heavy atom. The Balaban J connectivity index is 0.000000129. The topological polar surface area (TPSA) is 19.4 Å². The molecule has 0 atom stereocenters. The second-order valence-electron chi connectivity index (χ2n) is 41.8. The van der Waals surface area contributed by atoms with Gasteiger partial charge in [0.1, 0.15) is 35.2 Å². The second kappa shape index (κ2) is 45.5. The largest absolute Gasteiger partial charge is 0.213 e. The van der Waals surface area contributed by atoms with Crippen molar-refractivity contribution in [3.8, 4) is 145 Å². The Morgan fingerprint density at radius 3 is 0.701 bits per heavy atom. The van der Waals surface area contributed by atoms with Gasteiger partial charge in [0, 0.05) is 87.5 Å². The minimum Gasteiger partial charge on any atom is -0.201 e. The van der Waals surface area contributed by atoms with E-state index in [2.05, 4.69) is 531 Å². The zero-order chi connectivity index (χ0) is 102. The van der Waals surface area contributed by atoms with E-state index >= 15 is 0 Å². The lowest BCUT2D eigenvalue weighted by molar-refractivity contribution is -0.661. The minimum atomic E-state index is 0.727. The molecule has 2 saturated carbocycles. The van der Waals surface area contributed by atoms with Crippen molar-refractivity contribution in [3.05, 3.63) is 457 Å². The monoisotopic (exact) mass is 1890 g/mol. The highest BCUT2D eigenvalue weighted by molar-refractivity contribution is 5.85. The maximum absolute atomic E-state index is 2.49. The normalized spacial score (nSPS) is 12.5. The summed E-state index contributed by atoms with van der Waals surface area (Å²) in [7, 11) is 10.8. The van der Waals surface area contributed by atoms with Crippen LogP contribution < -0.4 is 22.8 Å². The van der Waals surface area contributed by atoms with Crippen molar-refractivity contribution < 1.29 is 22.8 Å². The van der Waals surface area contributed by atoms with E-state index in [0.29, 0.717) is 0 Å². The molecule has 20 rings (SSSR count). The fraction of sp³-hybridized carbons (Fsp3) is 0.259. The van der Waals surface area contributed by atoms with E-state index in [1.165, 1.54) is 314 Å². The van der Waals surface area contributed by atoms with Gasteiger partial charge in [-0.15, -0.1) is 0 Å². The smallest absolute Gasteiger partial charge is 0.201 e. The number of pyridine rings is 5. The maximum atomic E-state index is 2.49. The maximum Gasteiger partial charge on any atom is 0.213 e. The lowest BCUT2D eigenvalue weighted by Gasteiger charge is -2.23. The molecule has 0 N–H and O–H groups in total. The van der Waals surface area contributed by atoms with Crippen molar-refractivity contribution in [2.75, 3.05) is 0 Å². The SMILES string of the molecule is Cc1ccccc1-c1cc(-c2cc(-c3c(C)cccc3C)cc[n+]2C)c(C)cc1C.Cc1ccccc1-c1cc(-c2cc(-c3ccccc3)cc[n+]2C)c(C)cc1C.Cc1ccccc1-c1cc(-c2cc(C3CCCC3)c(C)c[n+]2C)c(C)cc1C.Cc1ccccc1-c1cc(-c2cc(C3CCCCC3)c(C)c[n+]2C)c(C)cc1C.Cc1ccccc1-c1cc[n+](C)c(-c2cc(-c3ccccc3C)c(C)cc2C)c1. The number of benzene rings is 13. The highest BCUT2D eigenvalue weighted by atomic mass is 14.9. The van der Waals surface area contributed by atoms with Crippen molar-refractivity contribution >= 4 is 0 Å². The van der Waals surface area contributed by atoms with Gasteiger partial charge in [0.05, 0.1) is 0 Å². The van der Waals surface area contributed by atoms with Gasteiger partial charge in [0.15, 0.2) is 31.0 Å². The first-order chi connectivity index (χ1) is 69.3. The van der Waals surface area contributed by atoms with Crippen LogP contribution in [0.25, 0.3) is 145 Å². The number of hydrogen-bond donors (Lipinski definition) is 0. The van der Waals surface area contributed by atoms with Gasteiger partial charge >= 0.3 is 0 Å². The summed E-state index contributed by atoms with van der Waals surface area (Å²) in [5.74, 6) is 1.46. The molecule has 0 bridgehead atoms. The van der Waals surface area contributed by atoms with Crippen molar-refractivity contribution in [1.82, 2.24) is 0 Å². The molecule has 0 amide bonds. The third kappa shape index (κ3) is 22.8. The molecule has 2 aliphatic carbocycles. The first-order valence-corrected chi connectivity index (χ1v) is 52.3. The predicted molar refractivity (Wildman–Crippen MR) is 611 cm³/mol. The highest BCUT2D eigenvalue weighted by Gasteiger charge is 2.29. The fourth-order valence-corrected chi connectivity index (χ4v) is 22.9. The highest BCUT2D eigenvalue weighted by Crippen LogP contribution is 2.45. The summed E-state index contributed by atoms with van der Waals surface area (Å²) in [5, 5.41) is 0. The van der Waals surface area contributed by atoms with Crippen LogP contribution in [0.15, 0.2) is 334 Å². The van der Waals surface area contributed by atoms with Crippen molar-refractivity contribution in [3.63, 3.8) is 0 Å². The van der Waals surface area contributed by atoms with Crippen LogP contribution in [0, 0.1) is 138 Å². The quantitative estimate of drug-likeness (QED) is 0.0912. The second-order valence-corrected chi connectivity index (χ2v) is 41.8. The van der Waals surface area contributed by atoms with Crippen LogP contribution in [0.4, 0.5) is 0 Å². The molecule has 5 heterocycles. The Bertz CT molecular complexity index is 7750. The number of rotatable bonds is 15. The zero-order valence-corrected chi connectivity index (χ0v) is 90.5. The van der Waals surface area contributed by atoms with Gasteiger partial charge < -0.3 is 0 Å². The lowest BCUT2D eigenvalue weighted by Crippen LogP contribution is -2.32. The molecule has 2 fully saturated rings. The molecule has 144 heavy (non-hydrogen) atoms. The predicted octanol–water partition coefficient (Wildman–Crippen LogP) is 34.1. The van der Waals surface area contributed by atoms with Gasteiger partial charge in [-0.25, -0.2) is 22.8 Å². The number of aromatic nitrogens is 5. The minimum absolute atomic E-state index is 0.727. The van der Waals surface area contributed by atoms with E-state index < -0.39 is 0 Å². The number of nitrogens with zero attached hydrogens (tertiary/aromatic N) is 5. The molecule has 0 radical (unpaired) electrons. The van der Waals surface area contributed by atoms with Crippen LogP contribution in [-0.2, 0) is 35.2 Å². The molecule has 2 aliphatic rings. The molecule has 0 aliphatic heterocycles. The molecular weight excluding hydrogens is 1740 g/mol. The molecule has 5 aromatic heterocycles. The summed E-state index contributed by atoms with van der Waals surface area (Å²) in [6, 6.07) is 111. The van der Waals surface area contributed by atoms with Crippen molar-refractivity contribution in [2.45, 2.75) is 208 Å². The summed E-state index contributed by atoms with van der Waals surface area (Å²) in [6.45, 7) is 44.4. The molecule has 13 aromatic carbocycles. The van der Waals surface area contributed by atoms with E-state index in [1.807, 2.05) is 0 Å². The Labute approximate surface area is 862 Å². The molecule has 5 nitrogen and oxygen atoms in total. The van der Waals surface area contributed by atoms with Crippen LogP contribution in [0.2, 0.25) is 0 Å². The van der Waals surface area contributed by atoms with Gasteiger partial charge in [-0.05, 0) is 407 Å². The molecule has 0 saturated heterocycles. The standard InChI is InChI=1S/C29H30N.C28H28N.C28H34N.C27H32N.C27H26N/c1-19-10-7-8-13-25(19)26-18-27(23(5)16-22(26)4)28-17-24(14-15-30(28)6)29-20(2)11-9-12-21(29)3;1-19-10-6-8-12-24(19)23-14-15-29(5)28(17-23)27-18-26(21(3)16-22(27)4)25-13-9-7-11-20(25)2;1-19-11-9-10-14-24(19)26-16-27(21(3)15-20(26)2)28-17-25(22(4)18-29(28)5)23-12-7-6-8-13-23;1-18-10-6-9-13-23(18)25-15-26(20(3)14-19(25)2)27-16-24(21(4)17-28(27)5)22-11-7-8-12-22;1-19-10-8-9-13-24(19)25-18-26(21(3)16-20(25)2)27-17-23(14-15-28(27)4)22-11-6-5-7-12-22/h7-18H,1-6H3;6-18H,1-5H3;9-11,14-18,23H,6-8,12-13H2,1-5H3;6,9-10,13-17,22H,7-8,11-12H2,1-5H3;5-18H,1-4H3/q5*+1. The fourth-order valence-electron chi connectivity index (χ4n) is 22.9. The van der Waals surface area contributed by atoms with Gasteiger partial charge in [0.25, 0.3) is 0 Å². The van der Waals surface area contributed by atoms with Crippen LogP contribution in [0.1, 0.15) is 192 Å². The van der Waals surface area contributed by atoms with Crippen molar-refractivity contribution in [1.29, 1.82) is 0 Å². The summed E-state index contributed by atoms with van der Waals surface area (Å²) in [4.78, 5) is 0.